The maximum atomic E-state index is 5.97. The second-order valence-corrected chi connectivity index (χ2v) is 5.91. The fourth-order valence-corrected chi connectivity index (χ4v) is 1.66. The average Bonchev–Trinajstić information content (AvgIpc) is 2.16. The number of hydrogen-bond acceptors (Lipinski definition) is 1. The molecule has 0 heterocycles. The van der Waals surface area contributed by atoms with Gasteiger partial charge in [-0.2, -0.15) is 0 Å². The summed E-state index contributed by atoms with van der Waals surface area (Å²) in [5, 5.41) is 0. The van der Waals surface area contributed by atoms with Gasteiger partial charge in [0.05, 0.1) is 11.9 Å². The van der Waals surface area contributed by atoms with Crippen molar-refractivity contribution in [3.63, 3.8) is 0 Å². The normalized spacial score (nSPS) is 14.9. The van der Waals surface area contributed by atoms with Crippen LogP contribution in [0.3, 0.4) is 0 Å². The van der Waals surface area contributed by atoms with Crippen molar-refractivity contribution in [3.05, 3.63) is 34.3 Å². The molecule has 0 fully saturated rings. The van der Waals surface area contributed by atoms with Crippen LogP contribution in [0.5, 0.6) is 0 Å². The highest BCUT2D eigenvalue weighted by molar-refractivity contribution is 9.10. The van der Waals surface area contributed by atoms with E-state index in [0.717, 1.165) is 4.47 Å². The lowest BCUT2D eigenvalue weighted by atomic mass is 9.95. The van der Waals surface area contributed by atoms with Crippen molar-refractivity contribution >= 4 is 21.8 Å². The van der Waals surface area contributed by atoms with E-state index in [-0.39, 0.29) is 11.5 Å². The molecule has 16 heavy (non-hydrogen) atoms. The Kier molecular flexibility index (Phi) is 4.14. The van der Waals surface area contributed by atoms with Crippen molar-refractivity contribution < 1.29 is 0 Å². The van der Waals surface area contributed by atoms with E-state index in [1.54, 1.807) is 0 Å². The molecule has 1 rings (SSSR count). The quantitative estimate of drug-likeness (QED) is 0.648. The van der Waals surface area contributed by atoms with E-state index in [0.29, 0.717) is 5.84 Å². The summed E-state index contributed by atoms with van der Waals surface area (Å²) in [4.78, 5) is 4.53. The second kappa shape index (κ2) is 5.00. The Bertz CT molecular complexity index is 391. The molecule has 1 aromatic carbocycles. The third-order valence-corrected chi connectivity index (χ3v) is 2.93. The summed E-state index contributed by atoms with van der Waals surface area (Å²) in [6.45, 7) is 8.26. The molecule has 0 spiro atoms. The molecule has 0 amide bonds. The van der Waals surface area contributed by atoms with E-state index in [1.807, 2.05) is 12.1 Å². The Balaban J connectivity index is 2.92. The van der Waals surface area contributed by atoms with Gasteiger partial charge in [-0.1, -0.05) is 48.8 Å². The number of benzene rings is 1. The summed E-state index contributed by atoms with van der Waals surface area (Å²) in [7, 11) is 0. The van der Waals surface area contributed by atoms with Crippen molar-refractivity contribution in [2.24, 2.45) is 16.1 Å². The van der Waals surface area contributed by atoms with E-state index in [2.05, 4.69) is 60.8 Å². The minimum absolute atomic E-state index is 0.0692. The van der Waals surface area contributed by atoms with Gasteiger partial charge in [-0.05, 0) is 24.6 Å². The fourth-order valence-electron chi connectivity index (χ4n) is 1.24. The molecule has 0 aliphatic rings. The van der Waals surface area contributed by atoms with E-state index in [9.17, 15) is 0 Å². The molecule has 0 saturated heterocycles. The monoisotopic (exact) mass is 282 g/mol. The highest BCUT2D eigenvalue weighted by Gasteiger charge is 2.16. The number of halogens is 1. The molecule has 88 valence electrons. The summed E-state index contributed by atoms with van der Waals surface area (Å²) >= 11 is 3.46. The van der Waals surface area contributed by atoms with Gasteiger partial charge in [-0.25, -0.2) is 0 Å². The van der Waals surface area contributed by atoms with Gasteiger partial charge in [0.1, 0.15) is 0 Å². The second-order valence-electron chi connectivity index (χ2n) is 5.00. The topological polar surface area (TPSA) is 38.4 Å². The van der Waals surface area contributed by atoms with Gasteiger partial charge in [-0.15, -0.1) is 0 Å². The Hall–Kier alpha value is -0.830. The lowest BCUT2D eigenvalue weighted by Gasteiger charge is -2.19. The molecule has 2 nitrogen and oxygen atoms in total. The number of nitrogens with two attached hydrogens (primary N) is 1. The first-order chi connectivity index (χ1) is 7.30. The Morgan fingerprint density at radius 2 is 2.00 bits per heavy atom. The van der Waals surface area contributed by atoms with Gasteiger partial charge in [0.15, 0.2) is 0 Å². The van der Waals surface area contributed by atoms with Crippen LogP contribution in [0.2, 0.25) is 0 Å². The largest absolute Gasteiger partial charge is 0.387 e. The number of aliphatic imine (C=N–C) groups is 1. The van der Waals surface area contributed by atoms with Crippen LogP contribution in [-0.4, -0.2) is 5.84 Å². The first-order valence-corrected chi connectivity index (χ1v) is 6.19. The Morgan fingerprint density at radius 1 is 1.38 bits per heavy atom. The van der Waals surface area contributed by atoms with Crippen LogP contribution < -0.4 is 5.73 Å². The van der Waals surface area contributed by atoms with Gasteiger partial charge in [0.2, 0.25) is 0 Å². The molecule has 0 aliphatic heterocycles. The van der Waals surface area contributed by atoms with Gasteiger partial charge in [0, 0.05) is 9.89 Å². The molecular weight excluding hydrogens is 264 g/mol. The highest BCUT2D eigenvalue weighted by atomic mass is 79.9. The van der Waals surface area contributed by atoms with E-state index >= 15 is 0 Å². The lowest BCUT2D eigenvalue weighted by molar-refractivity contribution is 0.575. The summed E-state index contributed by atoms with van der Waals surface area (Å²) in [6.07, 6.45) is 0. The number of rotatable bonds is 2. The molecule has 0 bridgehead atoms. The van der Waals surface area contributed by atoms with Crippen LogP contribution in [0.4, 0.5) is 0 Å². The van der Waals surface area contributed by atoms with E-state index < -0.39 is 0 Å². The SMILES string of the molecule is CC(N=C(N)C(C)(C)C)c1cccc(Br)c1. The van der Waals surface area contributed by atoms with Crippen LogP contribution in [0.1, 0.15) is 39.3 Å². The van der Waals surface area contributed by atoms with Crippen LogP contribution >= 0.6 is 15.9 Å². The van der Waals surface area contributed by atoms with Crippen LogP contribution in [0.15, 0.2) is 33.7 Å². The van der Waals surface area contributed by atoms with Crippen LogP contribution in [0, 0.1) is 5.41 Å². The Morgan fingerprint density at radius 3 is 2.50 bits per heavy atom. The zero-order valence-electron chi connectivity index (χ0n) is 10.3. The van der Waals surface area contributed by atoms with Crippen molar-refractivity contribution in [3.8, 4) is 0 Å². The molecule has 1 atom stereocenters. The predicted octanol–water partition coefficient (Wildman–Crippen LogP) is 3.91. The molecule has 3 heteroatoms. The zero-order chi connectivity index (χ0) is 12.3. The van der Waals surface area contributed by atoms with Crippen molar-refractivity contribution in [1.29, 1.82) is 0 Å². The number of amidine groups is 1. The van der Waals surface area contributed by atoms with E-state index in [1.165, 1.54) is 5.56 Å². The van der Waals surface area contributed by atoms with E-state index in [4.69, 9.17) is 5.73 Å². The Labute approximate surface area is 106 Å². The molecule has 0 radical (unpaired) electrons. The van der Waals surface area contributed by atoms with Gasteiger partial charge in [0.25, 0.3) is 0 Å². The smallest absolute Gasteiger partial charge is 0.0998 e. The first-order valence-electron chi connectivity index (χ1n) is 5.40. The van der Waals surface area contributed by atoms with Gasteiger partial charge >= 0.3 is 0 Å². The highest BCUT2D eigenvalue weighted by Crippen LogP contribution is 2.23. The maximum Gasteiger partial charge on any atom is 0.0998 e. The number of nitrogens with zero attached hydrogens (tertiary/aromatic N) is 1. The molecule has 0 saturated carbocycles. The predicted molar refractivity (Wildman–Crippen MR) is 73.6 cm³/mol. The van der Waals surface area contributed by atoms with Crippen LogP contribution in [0.25, 0.3) is 0 Å². The lowest BCUT2D eigenvalue weighted by Crippen LogP contribution is -2.29. The fraction of sp³-hybridized carbons (Fsp3) is 0.462. The molecule has 1 unspecified atom stereocenters. The standard InChI is InChI=1S/C13H19BrN2/c1-9(16-12(15)13(2,3)4)10-6-5-7-11(14)8-10/h5-9H,1-4H3,(H2,15,16). The number of hydrogen-bond donors (Lipinski definition) is 1. The van der Waals surface area contributed by atoms with Gasteiger partial charge in [-0.3, -0.25) is 4.99 Å². The molecular formula is C13H19BrN2. The first kappa shape index (κ1) is 13.2. The van der Waals surface area contributed by atoms with Crippen molar-refractivity contribution in [2.75, 3.05) is 0 Å². The molecule has 0 aliphatic carbocycles. The summed E-state index contributed by atoms with van der Waals surface area (Å²) in [5.41, 5.74) is 7.06. The third kappa shape index (κ3) is 3.63. The molecule has 2 N–H and O–H groups in total. The molecule has 1 aromatic rings. The summed E-state index contributed by atoms with van der Waals surface area (Å²) in [6, 6.07) is 8.25. The summed E-state index contributed by atoms with van der Waals surface area (Å²) in [5.74, 6) is 0.694. The summed E-state index contributed by atoms with van der Waals surface area (Å²) < 4.78 is 1.07. The minimum atomic E-state index is -0.0692. The van der Waals surface area contributed by atoms with Crippen LogP contribution in [-0.2, 0) is 0 Å². The third-order valence-electron chi connectivity index (χ3n) is 2.43. The molecule has 0 aromatic heterocycles. The van der Waals surface area contributed by atoms with Crippen molar-refractivity contribution in [1.82, 2.24) is 0 Å². The zero-order valence-corrected chi connectivity index (χ0v) is 11.9. The van der Waals surface area contributed by atoms with Crippen molar-refractivity contribution in [2.45, 2.75) is 33.7 Å². The van der Waals surface area contributed by atoms with Gasteiger partial charge < -0.3 is 5.73 Å². The average molecular weight is 283 g/mol. The maximum absolute atomic E-state index is 5.97. The minimum Gasteiger partial charge on any atom is -0.387 e.